The molecule has 0 unspecified atom stereocenters. The molecule has 0 bridgehead atoms. The Kier molecular flexibility index (Phi) is 4.81. The molecule has 0 aromatic carbocycles. The molecule has 5 heterocycles. The van der Waals surface area contributed by atoms with Crippen molar-refractivity contribution < 1.29 is 9.13 Å². The summed E-state index contributed by atoms with van der Waals surface area (Å²) in [6.45, 7) is 2.73. The zero-order valence-corrected chi connectivity index (χ0v) is 16.0. The minimum atomic E-state index is -0.573. The summed E-state index contributed by atoms with van der Waals surface area (Å²) in [6, 6.07) is 10.3. The van der Waals surface area contributed by atoms with Crippen LogP contribution in [0.2, 0.25) is 0 Å². The van der Waals surface area contributed by atoms with Crippen molar-refractivity contribution in [3.63, 3.8) is 0 Å². The number of morpholine rings is 1. The first-order valence-electron chi connectivity index (χ1n) is 9.54. The van der Waals surface area contributed by atoms with Gasteiger partial charge in [-0.3, -0.25) is 0 Å². The van der Waals surface area contributed by atoms with Gasteiger partial charge < -0.3 is 24.7 Å². The van der Waals surface area contributed by atoms with E-state index in [1.54, 1.807) is 18.3 Å². The average molecular weight is 406 g/mol. The monoisotopic (exact) mass is 406 g/mol. The Morgan fingerprint density at radius 3 is 2.70 bits per heavy atom. The van der Waals surface area contributed by atoms with Gasteiger partial charge in [-0.05, 0) is 18.2 Å². The van der Waals surface area contributed by atoms with Crippen molar-refractivity contribution in [2.75, 3.05) is 41.8 Å². The zero-order valence-electron chi connectivity index (χ0n) is 16.0. The molecule has 30 heavy (non-hydrogen) atoms. The van der Waals surface area contributed by atoms with Gasteiger partial charge in [0.1, 0.15) is 23.1 Å². The van der Waals surface area contributed by atoms with Crippen LogP contribution in [0.1, 0.15) is 0 Å². The Morgan fingerprint density at radius 1 is 0.933 bits per heavy atom. The average Bonchev–Trinajstić information content (AvgIpc) is 3.22. The lowest BCUT2D eigenvalue weighted by molar-refractivity contribution is 0.122. The van der Waals surface area contributed by atoms with Gasteiger partial charge in [-0.15, -0.1) is 0 Å². The Labute approximate surface area is 171 Å². The molecule has 10 heteroatoms. The maximum atomic E-state index is 13.5. The van der Waals surface area contributed by atoms with Gasteiger partial charge in [0.25, 0.3) is 0 Å². The molecule has 9 nitrogen and oxygen atoms in total. The summed E-state index contributed by atoms with van der Waals surface area (Å²) in [6.07, 6.45) is 5.55. The molecule has 4 aromatic heterocycles. The van der Waals surface area contributed by atoms with Crippen LogP contribution in [0.25, 0.3) is 5.65 Å². The second-order valence-electron chi connectivity index (χ2n) is 6.74. The number of pyridine rings is 2. The van der Waals surface area contributed by atoms with Crippen LogP contribution in [0.4, 0.5) is 33.5 Å². The molecule has 0 saturated carbocycles. The van der Waals surface area contributed by atoms with E-state index in [2.05, 4.69) is 35.5 Å². The van der Waals surface area contributed by atoms with E-state index in [1.807, 2.05) is 35.0 Å². The van der Waals surface area contributed by atoms with Crippen molar-refractivity contribution in [3.8, 4) is 0 Å². The molecule has 152 valence electrons. The van der Waals surface area contributed by atoms with E-state index < -0.39 is 5.95 Å². The smallest absolute Gasteiger partial charge is 0.232 e. The Hall–Kier alpha value is -3.79. The molecule has 5 rings (SSSR count). The third-order valence-electron chi connectivity index (χ3n) is 4.67. The van der Waals surface area contributed by atoms with Crippen LogP contribution in [-0.4, -0.2) is 50.6 Å². The first-order chi connectivity index (χ1) is 14.7. The highest BCUT2D eigenvalue weighted by molar-refractivity contribution is 5.65. The molecular formula is C20H19FN8O. The van der Waals surface area contributed by atoms with Crippen LogP contribution in [0.3, 0.4) is 0 Å². The molecule has 0 amide bonds. The van der Waals surface area contributed by atoms with Crippen molar-refractivity contribution in [2.24, 2.45) is 0 Å². The number of ether oxygens (including phenoxy) is 1. The van der Waals surface area contributed by atoms with Crippen LogP contribution in [-0.2, 0) is 4.74 Å². The number of anilines is 5. The quantitative estimate of drug-likeness (QED) is 0.489. The van der Waals surface area contributed by atoms with E-state index in [4.69, 9.17) is 4.74 Å². The van der Waals surface area contributed by atoms with Crippen molar-refractivity contribution in [3.05, 3.63) is 60.9 Å². The van der Waals surface area contributed by atoms with Gasteiger partial charge in [0.05, 0.1) is 13.2 Å². The zero-order chi connectivity index (χ0) is 20.3. The number of imidazole rings is 1. The number of hydrogen-bond acceptors (Lipinski definition) is 8. The van der Waals surface area contributed by atoms with Crippen LogP contribution in [0.15, 0.2) is 55.0 Å². The lowest BCUT2D eigenvalue weighted by Crippen LogP contribution is -2.36. The molecule has 1 fully saturated rings. The van der Waals surface area contributed by atoms with E-state index in [0.717, 1.165) is 30.2 Å². The molecule has 2 N–H and O–H groups in total. The van der Waals surface area contributed by atoms with Crippen molar-refractivity contribution in [1.29, 1.82) is 0 Å². The summed E-state index contributed by atoms with van der Waals surface area (Å²) < 4.78 is 20.8. The Balaban J connectivity index is 1.47. The molecule has 0 atom stereocenters. The Morgan fingerprint density at radius 2 is 1.83 bits per heavy atom. The van der Waals surface area contributed by atoms with Gasteiger partial charge in [-0.2, -0.15) is 14.4 Å². The molecule has 0 spiro atoms. The highest BCUT2D eigenvalue weighted by Crippen LogP contribution is 2.24. The molecule has 4 aromatic rings. The molecular weight excluding hydrogens is 387 g/mol. The van der Waals surface area contributed by atoms with Gasteiger partial charge in [-0.1, -0.05) is 6.07 Å². The number of aromatic nitrogens is 5. The standard InChI is InChI=1S/C20H19FN8O/c21-15-2-1-3-16(24-15)25-20-26-17(13-19(27-20)29-8-10-30-11-9-29)23-14-4-6-28-7-5-22-18(28)12-14/h1-7,12-13H,8-11H2,(H2,23,24,25,26,27). The third kappa shape index (κ3) is 3.98. The lowest BCUT2D eigenvalue weighted by atomic mass is 10.3. The number of rotatable bonds is 5. The van der Waals surface area contributed by atoms with Crippen LogP contribution < -0.4 is 15.5 Å². The normalized spacial score (nSPS) is 14.1. The second-order valence-corrected chi connectivity index (χ2v) is 6.74. The van der Waals surface area contributed by atoms with Crippen LogP contribution in [0.5, 0.6) is 0 Å². The van der Waals surface area contributed by atoms with E-state index in [0.29, 0.717) is 30.8 Å². The van der Waals surface area contributed by atoms with Crippen molar-refractivity contribution in [2.45, 2.75) is 0 Å². The van der Waals surface area contributed by atoms with Gasteiger partial charge in [0, 0.05) is 49.5 Å². The number of nitrogens with zero attached hydrogens (tertiary/aromatic N) is 6. The van der Waals surface area contributed by atoms with Crippen LogP contribution >= 0.6 is 0 Å². The SMILES string of the molecule is Fc1cccc(Nc2nc(Nc3ccn4ccnc4c3)cc(N3CCOCC3)n2)n1. The summed E-state index contributed by atoms with van der Waals surface area (Å²) in [5.41, 5.74) is 1.67. The highest BCUT2D eigenvalue weighted by Gasteiger charge is 2.16. The maximum Gasteiger partial charge on any atom is 0.232 e. The largest absolute Gasteiger partial charge is 0.378 e. The summed E-state index contributed by atoms with van der Waals surface area (Å²) in [7, 11) is 0. The number of halogens is 1. The maximum absolute atomic E-state index is 13.5. The first-order valence-corrected chi connectivity index (χ1v) is 9.54. The van der Waals surface area contributed by atoms with E-state index in [9.17, 15) is 4.39 Å². The molecule has 1 aliphatic rings. The summed E-state index contributed by atoms with van der Waals surface area (Å²) >= 11 is 0. The topological polar surface area (TPSA) is 92.5 Å². The van der Waals surface area contributed by atoms with Crippen molar-refractivity contribution in [1.82, 2.24) is 24.3 Å². The first kappa shape index (κ1) is 18.3. The predicted octanol–water partition coefficient (Wildman–Crippen LogP) is 2.98. The van der Waals surface area contributed by atoms with Crippen LogP contribution in [0, 0.1) is 5.95 Å². The molecule has 0 aliphatic carbocycles. The Bertz CT molecular complexity index is 1170. The van der Waals surface area contributed by atoms with E-state index in [-0.39, 0.29) is 0 Å². The van der Waals surface area contributed by atoms with E-state index >= 15 is 0 Å². The minimum Gasteiger partial charge on any atom is -0.378 e. The highest BCUT2D eigenvalue weighted by atomic mass is 19.1. The predicted molar refractivity (Wildman–Crippen MR) is 111 cm³/mol. The van der Waals surface area contributed by atoms with Gasteiger partial charge in [-0.25, -0.2) is 9.97 Å². The lowest BCUT2D eigenvalue weighted by Gasteiger charge is -2.28. The second kappa shape index (κ2) is 7.91. The number of hydrogen-bond donors (Lipinski definition) is 2. The molecule has 1 saturated heterocycles. The third-order valence-corrected chi connectivity index (χ3v) is 4.67. The summed E-state index contributed by atoms with van der Waals surface area (Å²) in [5, 5.41) is 6.29. The van der Waals surface area contributed by atoms with Gasteiger partial charge >= 0.3 is 0 Å². The fraction of sp³-hybridized carbons (Fsp3) is 0.200. The fourth-order valence-electron chi connectivity index (χ4n) is 3.24. The number of fused-ring (bicyclic) bond motifs is 1. The van der Waals surface area contributed by atoms with Gasteiger partial charge in [0.2, 0.25) is 11.9 Å². The molecule has 1 aliphatic heterocycles. The van der Waals surface area contributed by atoms with Gasteiger partial charge in [0.15, 0.2) is 0 Å². The van der Waals surface area contributed by atoms with E-state index in [1.165, 1.54) is 6.07 Å². The summed E-state index contributed by atoms with van der Waals surface area (Å²) in [4.78, 5) is 19.4. The summed E-state index contributed by atoms with van der Waals surface area (Å²) in [5.74, 6) is 1.42. The fourth-order valence-corrected chi connectivity index (χ4v) is 3.24. The number of nitrogens with one attached hydrogen (secondary N) is 2. The van der Waals surface area contributed by atoms with Crippen molar-refractivity contribution >= 4 is 34.7 Å². The molecule has 0 radical (unpaired) electrons. The minimum absolute atomic E-state index is 0.321.